The van der Waals surface area contributed by atoms with Gasteiger partial charge in [-0.25, -0.2) is 4.39 Å². The van der Waals surface area contributed by atoms with Crippen molar-refractivity contribution in [1.82, 2.24) is 5.32 Å². The van der Waals surface area contributed by atoms with Crippen molar-refractivity contribution in [2.24, 2.45) is 5.73 Å². The monoisotopic (exact) mass is 198 g/mol. The van der Waals surface area contributed by atoms with E-state index in [9.17, 15) is 9.18 Å². The summed E-state index contributed by atoms with van der Waals surface area (Å²) >= 11 is 0. The number of carbonyl (C=O) groups excluding carboxylic acids is 1. The molecule has 1 amide bonds. The van der Waals surface area contributed by atoms with Gasteiger partial charge in [0.2, 0.25) is 5.91 Å². The van der Waals surface area contributed by atoms with Crippen LogP contribution in [0.1, 0.15) is 6.92 Å². The predicted octanol–water partition coefficient (Wildman–Crippen LogP) is 1.05. The zero-order valence-electron chi connectivity index (χ0n) is 8.43. The maximum atomic E-state index is 13.1. The summed E-state index contributed by atoms with van der Waals surface area (Å²) in [5.74, 6) is -1.39. The molecule has 0 saturated carbocycles. The van der Waals surface area contributed by atoms with Crippen LogP contribution in [0.25, 0.3) is 0 Å². The molecular formula is C10H15FN2O. The normalized spacial score (nSPS) is 12.8. The summed E-state index contributed by atoms with van der Waals surface area (Å²) in [4.78, 5) is 10.6. The van der Waals surface area contributed by atoms with Gasteiger partial charge in [0.1, 0.15) is 5.83 Å². The van der Waals surface area contributed by atoms with E-state index >= 15 is 0 Å². The molecule has 0 heterocycles. The fraction of sp³-hybridized carbons (Fsp3) is 0.300. The van der Waals surface area contributed by atoms with Crippen LogP contribution in [0.3, 0.4) is 0 Å². The van der Waals surface area contributed by atoms with Gasteiger partial charge in [-0.1, -0.05) is 12.7 Å². The van der Waals surface area contributed by atoms with Gasteiger partial charge in [-0.15, -0.1) is 0 Å². The second-order valence-electron chi connectivity index (χ2n) is 2.86. The topological polar surface area (TPSA) is 55.1 Å². The Bertz CT molecular complexity index is 292. The van der Waals surface area contributed by atoms with E-state index < -0.39 is 11.7 Å². The van der Waals surface area contributed by atoms with Crippen molar-refractivity contribution in [3.8, 4) is 0 Å². The molecule has 0 rings (SSSR count). The Morgan fingerprint density at radius 3 is 2.57 bits per heavy atom. The Morgan fingerprint density at radius 2 is 2.14 bits per heavy atom. The van der Waals surface area contributed by atoms with Gasteiger partial charge in [-0.05, 0) is 25.6 Å². The summed E-state index contributed by atoms with van der Waals surface area (Å²) in [6.07, 6.45) is 2.68. The lowest BCUT2D eigenvalue weighted by Crippen LogP contribution is -2.12. The molecule has 0 aliphatic carbocycles. The van der Waals surface area contributed by atoms with Crippen LogP contribution in [0.5, 0.6) is 0 Å². The van der Waals surface area contributed by atoms with Gasteiger partial charge >= 0.3 is 0 Å². The number of halogens is 1. The number of primary amides is 1. The summed E-state index contributed by atoms with van der Waals surface area (Å²) in [6, 6.07) is 0. The van der Waals surface area contributed by atoms with Crippen LogP contribution in [-0.2, 0) is 4.79 Å². The van der Waals surface area contributed by atoms with Crippen LogP contribution in [-0.4, -0.2) is 19.5 Å². The third-order valence-corrected chi connectivity index (χ3v) is 1.60. The Kier molecular flexibility index (Phi) is 5.48. The molecule has 0 unspecified atom stereocenters. The number of nitrogens with one attached hydrogen (secondary N) is 1. The molecule has 78 valence electrons. The van der Waals surface area contributed by atoms with Crippen LogP contribution >= 0.6 is 0 Å². The Morgan fingerprint density at radius 1 is 1.57 bits per heavy atom. The minimum atomic E-state index is -0.758. The highest BCUT2D eigenvalue weighted by molar-refractivity contribution is 5.92. The molecule has 0 radical (unpaired) electrons. The Balaban J connectivity index is 4.45. The molecule has 3 N–H and O–H groups in total. The molecule has 0 spiro atoms. The van der Waals surface area contributed by atoms with Crippen LogP contribution in [0.2, 0.25) is 0 Å². The van der Waals surface area contributed by atoms with E-state index in [1.165, 1.54) is 19.1 Å². The number of likely N-dealkylation sites (N-methyl/N-ethyl adjacent to an activating group) is 1. The molecule has 0 aliphatic heterocycles. The van der Waals surface area contributed by atoms with Gasteiger partial charge in [0, 0.05) is 12.1 Å². The molecule has 14 heavy (non-hydrogen) atoms. The van der Waals surface area contributed by atoms with Crippen molar-refractivity contribution in [2.45, 2.75) is 6.92 Å². The summed E-state index contributed by atoms with van der Waals surface area (Å²) in [6.45, 7) is 5.57. The zero-order chi connectivity index (χ0) is 11.1. The van der Waals surface area contributed by atoms with Crippen molar-refractivity contribution in [3.63, 3.8) is 0 Å². The molecule has 4 heteroatoms. The zero-order valence-corrected chi connectivity index (χ0v) is 8.43. The lowest BCUT2D eigenvalue weighted by molar-refractivity contribution is -0.114. The maximum absolute atomic E-state index is 13.1. The maximum Gasteiger partial charge on any atom is 0.247 e. The lowest BCUT2D eigenvalue weighted by Gasteiger charge is -1.97. The molecule has 0 bridgehead atoms. The second kappa shape index (κ2) is 6.10. The minimum Gasteiger partial charge on any atom is -0.366 e. The molecular weight excluding hydrogens is 183 g/mol. The van der Waals surface area contributed by atoms with Crippen molar-refractivity contribution in [3.05, 3.63) is 35.7 Å². The molecule has 0 fully saturated rings. The van der Waals surface area contributed by atoms with E-state index in [0.29, 0.717) is 6.54 Å². The van der Waals surface area contributed by atoms with Gasteiger partial charge in [-0.3, -0.25) is 4.79 Å². The first kappa shape index (κ1) is 12.6. The SMILES string of the molecule is C=C(/C=C\C(F)=C(/C)C(N)=O)CNC. The first-order valence-electron chi connectivity index (χ1n) is 4.15. The summed E-state index contributed by atoms with van der Waals surface area (Å²) < 4.78 is 13.1. The van der Waals surface area contributed by atoms with E-state index in [1.54, 1.807) is 7.05 Å². The fourth-order valence-electron chi connectivity index (χ4n) is 0.720. The standard InChI is InChI=1S/C10H15FN2O/c1-7(6-13-3)4-5-9(11)8(2)10(12)14/h4-5,13H,1,6H2,2-3H3,(H2,12,14)/b5-4-,9-8-. The molecule has 3 nitrogen and oxygen atoms in total. The molecule has 0 atom stereocenters. The number of amides is 1. The number of hydrogen-bond donors (Lipinski definition) is 2. The van der Waals surface area contributed by atoms with Gasteiger partial charge in [0.15, 0.2) is 0 Å². The number of nitrogens with two attached hydrogens (primary N) is 1. The highest BCUT2D eigenvalue weighted by Crippen LogP contribution is 2.07. The number of carbonyl (C=O) groups is 1. The molecule has 0 aromatic rings. The van der Waals surface area contributed by atoms with Crippen LogP contribution in [0.15, 0.2) is 35.7 Å². The Hall–Kier alpha value is -1.42. The van der Waals surface area contributed by atoms with Crippen molar-refractivity contribution < 1.29 is 9.18 Å². The van der Waals surface area contributed by atoms with Gasteiger partial charge in [0.05, 0.1) is 0 Å². The third-order valence-electron chi connectivity index (χ3n) is 1.60. The second-order valence-corrected chi connectivity index (χ2v) is 2.86. The minimum absolute atomic E-state index is 0.0847. The van der Waals surface area contributed by atoms with E-state index in [-0.39, 0.29) is 5.57 Å². The van der Waals surface area contributed by atoms with E-state index in [0.717, 1.165) is 5.57 Å². The van der Waals surface area contributed by atoms with Crippen LogP contribution in [0, 0.1) is 0 Å². The third kappa shape index (κ3) is 4.57. The fourth-order valence-corrected chi connectivity index (χ4v) is 0.720. The average molecular weight is 198 g/mol. The lowest BCUT2D eigenvalue weighted by atomic mass is 10.2. The van der Waals surface area contributed by atoms with Crippen molar-refractivity contribution in [2.75, 3.05) is 13.6 Å². The van der Waals surface area contributed by atoms with Gasteiger partial charge in [0.25, 0.3) is 0 Å². The first-order chi connectivity index (χ1) is 6.49. The highest BCUT2D eigenvalue weighted by Gasteiger charge is 2.03. The van der Waals surface area contributed by atoms with Crippen LogP contribution in [0.4, 0.5) is 4.39 Å². The highest BCUT2D eigenvalue weighted by atomic mass is 19.1. The summed E-state index contributed by atoms with van der Waals surface area (Å²) in [5, 5.41) is 2.86. The van der Waals surface area contributed by atoms with E-state index in [2.05, 4.69) is 11.9 Å². The Labute approximate surface area is 83.2 Å². The van der Waals surface area contributed by atoms with Crippen molar-refractivity contribution in [1.29, 1.82) is 0 Å². The summed E-state index contributed by atoms with van der Waals surface area (Å²) in [7, 11) is 1.76. The molecule has 0 aliphatic rings. The number of allylic oxidation sites excluding steroid dienone is 2. The number of rotatable bonds is 5. The van der Waals surface area contributed by atoms with Gasteiger partial charge < -0.3 is 11.1 Å². The summed E-state index contributed by atoms with van der Waals surface area (Å²) in [5.41, 5.74) is 5.53. The number of hydrogen-bond acceptors (Lipinski definition) is 2. The first-order valence-corrected chi connectivity index (χ1v) is 4.15. The largest absolute Gasteiger partial charge is 0.366 e. The molecule has 0 aromatic carbocycles. The van der Waals surface area contributed by atoms with Crippen LogP contribution < -0.4 is 11.1 Å². The van der Waals surface area contributed by atoms with Gasteiger partial charge in [-0.2, -0.15) is 0 Å². The molecule has 0 saturated heterocycles. The molecule has 0 aromatic heterocycles. The predicted molar refractivity (Wildman–Crippen MR) is 55.2 cm³/mol. The average Bonchev–Trinajstić information content (AvgIpc) is 2.13. The van der Waals surface area contributed by atoms with Crippen molar-refractivity contribution >= 4 is 5.91 Å². The quantitative estimate of drug-likeness (QED) is 0.512. The van der Waals surface area contributed by atoms with E-state index in [4.69, 9.17) is 5.73 Å². The smallest absolute Gasteiger partial charge is 0.247 e. The van der Waals surface area contributed by atoms with E-state index in [1.807, 2.05) is 0 Å².